The van der Waals surface area contributed by atoms with Gasteiger partial charge in [-0.1, -0.05) is 20.8 Å². The molecule has 17 heavy (non-hydrogen) atoms. The lowest BCUT2D eigenvalue weighted by Crippen LogP contribution is -2.47. The highest BCUT2D eigenvalue weighted by atomic mass is 16.5. The minimum Gasteiger partial charge on any atom is -0.481 e. The van der Waals surface area contributed by atoms with Gasteiger partial charge in [-0.2, -0.15) is 0 Å². The molecule has 5 nitrogen and oxygen atoms in total. The Morgan fingerprint density at radius 3 is 2.00 bits per heavy atom. The monoisotopic (exact) mass is 245 g/mol. The molecule has 0 aliphatic heterocycles. The number of carbonyl (C=O) groups excluding carboxylic acids is 1. The zero-order valence-corrected chi connectivity index (χ0v) is 11.5. The van der Waals surface area contributed by atoms with Gasteiger partial charge in [-0.25, -0.2) is 0 Å². The summed E-state index contributed by atoms with van der Waals surface area (Å²) in [4.78, 5) is 22.9. The summed E-state index contributed by atoms with van der Waals surface area (Å²) in [5.41, 5.74) is -1.12. The number of aliphatic carboxylic acids is 1. The van der Waals surface area contributed by atoms with Gasteiger partial charge in [0.15, 0.2) is 0 Å². The van der Waals surface area contributed by atoms with Gasteiger partial charge in [-0.05, 0) is 19.3 Å². The second kappa shape index (κ2) is 5.49. The maximum Gasteiger partial charge on any atom is 0.316 e. The molecule has 1 amide bonds. The predicted octanol–water partition coefficient (Wildman–Crippen LogP) is 1.27. The molecule has 0 fully saturated rings. The first kappa shape index (κ1) is 15.9. The Morgan fingerprint density at radius 1 is 1.24 bits per heavy atom. The molecule has 2 N–H and O–H groups in total. The Balaban J connectivity index is 4.63. The molecule has 0 saturated carbocycles. The second-order valence-corrected chi connectivity index (χ2v) is 5.82. The van der Waals surface area contributed by atoms with E-state index in [-0.39, 0.29) is 6.54 Å². The summed E-state index contributed by atoms with van der Waals surface area (Å²) in [6, 6.07) is 0. The minimum absolute atomic E-state index is 0.280. The van der Waals surface area contributed by atoms with Crippen molar-refractivity contribution in [3.8, 4) is 0 Å². The lowest BCUT2D eigenvalue weighted by atomic mass is 9.80. The molecule has 1 unspecified atom stereocenters. The van der Waals surface area contributed by atoms with E-state index in [2.05, 4.69) is 5.32 Å². The van der Waals surface area contributed by atoms with Crippen LogP contribution in [0.15, 0.2) is 0 Å². The number of methoxy groups -OCH3 is 1. The van der Waals surface area contributed by atoms with Crippen molar-refractivity contribution in [1.29, 1.82) is 0 Å². The van der Waals surface area contributed by atoms with E-state index >= 15 is 0 Å². The fraction of sp³-hybridized carbons (Fsp3) is 0.833. The van der Waals surface area contributed by atoms with Crippen molar-refractivity contribution in [2.24, 2.45) is 11.3 Å². The third-order valence-electron chi connectivity index (χ3n) is 2.62. The molecule has 0 spiro atoms. The van der Waals surface area contributed by atoms with E-state index in [0.29, 0.717) is 0 Å². The van der Waals surface area contributed by atoms with Crippen LogP contribution in [0.2, 0.25) is 0 Å². The molecule has 5 heteroatoms. The Morgan fingerprint density at radius 2 is 1.71 bits per heavy atom. The molecule has 0 rings (SSSR count). The van der Waals surface area contributed by atoms with Crippen LogP contribution in [0, 0.1) is 11.3 Å². The van der Waals surface area contributed by atoms with Crippen molar-refractivity contribution in [1.82, 2.24) is 5.32 Å². The topological polar surface area (TPSA) is 75.6 Å². The molecular weight excluding hydrogens is 222 g/mol. The second-order valence-electron chi connectivity index (χ2n) is 5.82. The third kappa shape index (κ3) is 5.17. The molecule has 0 aliphatic rings. The molecular formula is C12H23NO4. The van der Waals surface area contributed by atoms with Crippen LogP contribution < -0.4 is 5.32 Å². The number of carboxylic acid groups (broad SMARTS) is 1. The average Bonchev–Trinajstić information content (AvgIpc) is 2.12. The van der Waals surface area contributed by atoms with Gasteiger partial charge in [0.1, 0.15) is 5.92 Å². The maximum atomic E-state index is 11.8. The van der Waals surface area contributed by atoms with Crippen LogP contribution in [0.25, 0.3) is 0 Å². The number of carbonyl (C=O) groups is 2. The quantitative estimate of drug-likeness (QED) is 0.715. The summed E-state index contributed by atoms with van der Waals surface area (Å²) in [5.74, 6) is -2.64. The number of hydrogen-bond acceptors (Lipinski definition) is 3. The number of ether oxygens (including phenoxy) is 1. The number of carboxylic acids is 1. The SMILES string of the molecule is COC(C)(C)CNC(=O)C(C(=O)O)C(C)(C)C. The fourth-order valence-electron chi connectivity index (χ4n) is 1.35. The summed E-state index contributed by atoms with van der Waals surface area (Å²) in [5, 5.41) is 11.7. The summed E-state index contributed by atoms with van der Waals surface area (Å²) in [7, 11) is 1.55. The largest absolute Gasteiger partial charge is 0.481 e. The highest BCUT2D eigenvalue weighted by Crippen LogP contribution is 2.26. The molecule has 0 bridgehead atoms. The van der Waals surface area contributed by atoms with Crippen molar-refractivity contribution >= 4 is 11.9 Å². The van der Waals surface area contributed by atoms with Gasteiger partial charge in [0, 0.05) is 13.7 Å². The van der Waals surface area contributed by atoms with Gasteiger partial charge in [0.2, 0.25) is 5.91 Å². The van der Waals surface area contributed by atoms with E-state index in [0.717, 1.165) is 0 Å². The standard InChI is InChI=1S/C12H23NO4/c1-11(2,3)8(10(15)16)9(14)13-7-12(4,5)17-6/h8H,7H2,1-6H3,(H,13,14)(H,15,16). The summed E-state index contributed by atoms with van der Waals surface area (Å²) in [6.07, 6.45) is 0. The summed E-state index contributed by atoms with van der Waals surface area (Å²) in [6.45, 7) is 9.11. The first-order valence-electron chi connectivity index (χ1n) is 5.57. The molecule has 0 aliphatic carbocycles. The molecule has 1 atom stereocenters. The van der Waals surface area contributed by atoms with E-state index < -0.39 is 28.8 Å². The normalized spacial score (nSPS) is 14.2. The van der Waals surface area contributed by atoms with E-state index in [9.17, 15) is 9.59 Å². The Kier molecular flexibility index (Phi) is 5.13. The lowest BCUT2D eigenvalue weighted by Gasteiger charge is -2.28. The van der Waals surface area contributed by atoms with Gasteiger partial charge < -0.3 is 15.2 Å². The summed E-state index contributed by atoms with van der Waals surface area (Å²) >= 11 is 0. The molecule has 0 aromatic carbocycles. The number of hydrogen-bond donors (Lipinski definition) is 2. The molecule has 0 radical (unpaired) electrons. The third-order valence-corrected chi connectivity index (χ3v) is 2.62. The first-order valence-corrected chi connectivity index (χ1v) is 5.57. The van der Waals surface area contributed by atoms with Crippen LogP contribution in [0.4, 0.5) is 0 Å². The van der Waals surface area contributed by atoms with Crippen molar-refractivity contribution < 1.29 is 19.4 Å². The lowest BCUT2D eigenvalue weighted by molar-refractivity contribution is -0.152. The Bertz CT molecular complexity index is 291. The van der Waals surface area contributed by atoms with Crippen molar-refractivity contribution in [2.45, 2.75) is 40.2 Å². The van der Waals surface area contributed by atoms with E-state index in [1.165, 1.54) is 0 Å². The number of rotatable bonds is 5. The fourth-order valence-corrected chi connectivity index (χ4v) is 1.35. The molecule has 0 saturated heterocycles. The predicted molar refractivity (Wildman–Crippen MR) is 64.7 cm³/mol. The average molecular weight is 245 g/mol. The molecule has 0 aromatic rings. The van der Waals surface area contributed by atoms with Crippen LogP contribution >= 0.6 is 0 Å². The highest BCUT2D eigenvalue weighted by molar-refractivity contribution is 5.97. The van der Waals surface area contributed by atoms with Gasteiger partial charge in [-0.3, -0.25) is 9.59 Å². The van der Waals surface area contributed by atoms with Crippen molar-refractivity contribution in [3.63, 3.8) is 0 Å². The number of nitrogens with one attached hydrogen (secondary N) is 1. The minimum atomic E-state index is -1.11. The van der Waals surface area contributed by atoms with Gasteiger partial charge in [0.25, 0.3) is 0 Å². The van der Waals surface area contributed by atoms with Crippen LogP contribution in [-0.2, 0) is 14.3 Å². The van der Waals surface area contributed by atoms with E-state index in [4.69, 9.17) is 9.84 Å². The van der Waals surface area contributed by atoms with Gasteiger partial charge in [0.05, 0.1) is 5.60 Å². The van der Waals surface area contributed by atoms with Gasteiger partial charge >= 0.3 is 5.97 Å². The van der Waals surface area contributed by atoms with Crippen molar-refractivity contribution in [3.05, 3.63) is 0 Å². The zero-order valence-electron chi connectivity index (χ0n) is 11.5. The number of amides is 1. The maximum absolute atomic E-state index is 11.8. The van der Waals surface area contributed by atoms with Crippen LogP contribution in [0.5, 0.6) is 0 Å². The Labute approximate surface area is 103 Å². The van der Waals surface area contributed by atoms with Crippen LogP contribution in [0.1, 0.15) is 34.6 Å². The first-order chi connectivity index (χ1) is 7.51. The van der Waals surface area contributed by atoms with Crippen LogP contribution in [-0.4, -0.2) is 36.2 Å². The highest BCUT2D eigenvalue weighted by Gasteiger charge is 2.38. The smallest absolute Gasteiger partial charge is 0.316 e. The molecule has 0 aromatic heterocycles. The molecule has 100 valence electrons. The van der Waals surface area contributed by atoms with Gasteiger partial charge in [-0.15, -0.1) is 0 Å². The van der Waals surface area contributed by atoms with Crippen LogP contribution in [0.3, 0.4) is 0 Å². The van der Waals surface area contributed by atoms with Crippen molar-refractivity contribution in [2.75, 3.05) is 13.7 Å². The molecule has 0 heterocycles. The van der Waals surface area contributed by atoms with E-state index in [1.807, 2.05) is 13.8 Å². The summed E-state index contributed by atoms with van der Waals surface area (Å²) < 4.78 is 5.15. The van der Waals surface area contributed by atoms with E-state index in [1.54, 1.807) is 27.9 Å². The Hall–Kier alpha value is -1.10. The zero-order chi connectivity index (χ0) is 13.9.